The van der Waals surface area contributed by atoms with Crippen molar-refractivity contribution in [3.63, 3.8) is 0 Å². The second-order valence-corrected chi connectivity index (χ2v) is 5.05. The maximum atomic E-state index is 11.1. The molecule has 0 saturated carbocycles. The van der Waals surface area contributed by atoms with Gasteiger partial charge in [0, 0.05) is 11.4 Å². The second-order valence-electron chi connectivity index (χ2n) is 5.05. The molecule has 0 aliphatic carbocycles. The minimum atomic E-state index is -0.927. The van der Waals surface area contributed by atoms with Gasteiger partial charge in [-0.15, -0.1) is 0 Å². The molecule has 4 heteroatoms. The standard InChI is InChI=1S/C15H18N2O2/c1-9(2)10(3)16-14-8-7-11-12(15(18)19)5-4-6-13(11)17-14/h4-10H,1-3H3,(H,16,17)(H,18,19). The van der Waals surface area contributed by atoms with Crippen LogP contribution in [-0.2, 0) is 0 Å². The highest BCUT2D eigenvalue weighted by atomic mass is 16.4. The first-order chi connectivity index (χ1) is 8.99. The summed E-state index contributed by atoms with van der Waals surface area (Å²) in [6.45, 7) is 6.38. The molecular formula is C15H18N2O2. The number of hydrogen-bond acceptors (Lipinski definition) is 3. The van der Waals surface area contributed by atoms with Gasteiger partial charge in [0.2, 0.25) is 0 Å². The summed E-state index contributed by atoms with van der Waals surface area (Å²) in [6.07, 6.45) is 0. The predicted molar refractivity (Wildman–Crippen MR) is 76.6 cm³/mol. The topological polar surface area (TPSA) is 62.2 Å². The molecular weight excluding hydrogens is 240 g/mol. The van der Waals surface area contributed by atoms with Crippen molar-refractivity contribution in [2.45, 2.75) is 26.8 Å². The Bertz CT molecular complexity index is 608. The molecule has 1 aromatic heterocycles. The Morgan fingerprint density at radius 2 is 1.95 bits per heavy atom. The summed E-state index contributed by atoms with van der Waals surface area (Å²) >= 11 is 0. The normalized spacial score (nSPS) is 12.6. The van der Waals surface area contributed by atoms with Crippen LogP contribution in [0.4, 0.5) is 5.82 Å². The average molecular weight is 258 g/mol. The lowest BCUT2D eigenvalue weighted by atomic mass is 10.1. The van der Waals surface area contributed by atoms with Crippen LogP contribution in [0.1, 0.15) is 31.1 Å². The van der Waals surface area contributed by atoms with Crippen LogP contribution >= 0.6 is 0 Å². The number of pyridine rings is 1. The van der Waals surface area contributed by atoms with Crippen molar-refractivity contribution in [3.05, 3.63) is 35.9 Å². The van der Waals surface area contributed by atoms with E-state index in [0.29, 0.717) is 22.9 Å². The van der Waals surface area contributed by atoms with Gasteiger partial charge in [-0.2, -0.15) is 0 Å². The van der Waals surface area contributed by atoms with E-state index >= 15 is 0 Å². The molecule has 0 amide bonds. The molecule has 1 unspecified atom stereocenters. The Morgan fingerprint density at radius 1 is 1.21 bits per heavy atom. The Morgan fingerprint density at radius 3 is 2.58 bits per heavy atom. The number of carboxylic acid groups (broad SMARTS) is 1. The lowest BCUT2D eigenvalue weighted by Crippen LogP contribution is -2.22. The molecule has 0 radical (unpaired) electrons. The molecule has 2 rings (SSSR count). The number of nitrogens with one attached hydrogen (secondary N) is 1. The van der Waals surface area contributed by atoms with Crippen molar-refractivity contribution in [2.75, 3.05) is 5.32 Å². The first-order valence-electron chi connectivity index (χ1n) is 6.38. The highest BCUT2D eigenvalue weighted by Gasteiger charge is 2.11. The Kier molecular flexibility index (Phi) is 3.69. The molecule has 2 aromatic rings. The maximum absolute atomic E-state index is 11.1. The van der Waals surface area contributed by atoms with Crippen LogP contribution in [0, 0.1) is 5.92 Å². The average Bonchev–Trinajstić information content (AvgIpc) is 2.37. The molecule has 2 N–H and O–H groups in total. The number of carboxylic acids is 1. The zero-order chi connectivity index (χ0) is 14.0. The van der Waals surface area contributed by atoms with E-state index in [1.807, 2.05) is 12.1 Å². The second kappa shape index (κ2) is 5.26. The van der Waals surface area contributed by atoms with Crippen LogP contribution in [0.3, 0.4) is 0 Å². The zero-order valence-electron chi connectivity index (χ0n) is 11.3. The lowest BCUT2D eigenvalue weighted by molar-refractivity contribution is 0.0699. The smallest absolute Gasteiger partial charge is 0.336 e. The van der Waals surface area contributed by atoms with Crippen molar-refractivity contribution in [1.82, 2.24) is 4.98 Å². The van der Waals surface area contributed by atoms with E-state index < -0.39 is 5.97 Å². The van der Waals surface area contributed by atoms with Gasteiger partial charge >= 0.3 is 5.97 Å². The fourth-order valence-electron chi connectivity index (χ4n) is 1.82. The third-order valence-corrected chi connectivity index (χ3v) is 3.34. The quantitative estimate of drug-likeness (QED) is 0.882. The monoisotopic (exact) mass is 258 g/mol. The first kappa shape index (κ1) is 13.3. The minimum absolute atomic E-state index is 0.286. The fraction of sp³-hybridized carbons (Fsp3) is 0.333. The fourth-order valence-corrected chi connectivity index (χ4v) is 1.82. The molecule has 0 fully saturated rings. The highest BCUT2D eigenvalue weighted by molar-refractivity contribution is 6.02. The van der Waals surface area contributed by atoms with Crippen LogP contribution in [0.15, 0.2) is 30.3 Å². The number of rotatable bonds is 4. The largest absolute Gasteiger partial charge is 0.478 e. The van der Waals surface area contributed by atoms with Gasteiger partial charge in [0.1, 0.15) is 5.82 Å². The van der Waals surface area contributed by atoms with Crippen molar-refractivity contribution < 1.29 is 9.90 Å². The van der Waals surface area contributed by atoms with Crippen molar-refractivity contribution in [3.8, 4) is 0 Å². The Hall–Kier alpha value is -2.10. The molecule has 100 valence electrons. The number of aromatic nitrogens is 1. The Balaban J connectivity index is 2.39. The minimum Gasteiger partial charge on any atom is -0.478 e. The van der Waals surface area contributed by atoms with E-state index in [1.165, 1.54) is 0 Å². The molecule has 1 aromatic carbocycles. The number of nitrogens with zero attached hydrogens (tertiary/aromatic N) is 1. The van der Waals surface area contributed by atoms with Crippen LogP contribution in [0.25, 0.3) is 10.9 Å². The molecule has 19 heavy (non-hydrogen) atoms. The van der Waals surface area contributed by atoms with E-state index in [2.05, 4.69) is 31.1 Å². The molecule has 0 bridgehead atoms. The van der Waals surface area contributed by atoms with Crippen molar-refractivity contribution >= 4 is 22.7 Å². The molecule has 0 spiro atoms. The maximum Gasteiger partial charge on any atom is 0.336 e. The highest BCUT2D eigenvalue weighted by Crippen LogP contribution is 2.20. The lowest BCUT2D eigenvalue weighted by Gasteiger charge is -2.18. The molecule has 0 saturated heterocycles. The summed E-state index contributed by atoms with van der Waals surface area (Å²) in [6, 6.07) is 9.08. The van der Waals surface area contributed by atoms with Gasteiger partial charge in [-0.3, -0.25) is 0 Å². The van der Waals surface area contributed by atoms with Gasteiger partial charge in [-0.1, -0.05) is 19.9 Å². The number of benzene rings is 1. The third-order valence-electron chi connectivity index (χ3n) is 3.34. The van der Waals surface area contributed by atoms with E-state index in [1.54, 1.807) is 18.2 Å². The summed E-state index contributed by atoms with van der Waals surface area (Å²) in [5, 5.41) is 13.1. The van der Waals surface area contributed by atoms with Gasteiger partial charge in [0.25, 0.3) is 0 Å². The van der Waals surface area contributed by atoms with Crippen molar-refractivity contribution in [1.29, 1.82) is 0 Å². The summed E-state index contributed by atoms with van der Waals surface area (Å²) in [5.74, 6) is 0.350. The Labute approximate surface area is 112 Å². The van der Waals surface area contributed by atoms with Crippen molar-refractivity contribution in [2.24, 2.45) is 5.92 Å². The first-order valence-corrected chi connectivity index (χ1v) is 6.38. The van der Waals surface area contributed by atoms with E-state index in [-0.39, 0.29) is 5.56 Å². The van der Waals surface area contributed by atoms with E-state index in [4.69, 9.17) is 5.11 Å². The van der Waals surface area contributed by atoms with Gasteiger partial charge < -0.3 is 10.4 Å². The summed E-state index contributed by atoms with van der Waals surface area (Å²) in [4.78, 5) is 15.6. The van der Waals surface area contributed by atoms with E-state index in [9.17, 15) is 4.79 Å². The SMILES string of the molecule is CC(C)C(C)Nc1ccc2c(C(=O)O)cccc2n1. The number of anilines is 1. The summed E-state index contributed by atoms with van der Waals surface area (Å²) < 4.78 is 0. The number of aromatic carboxylic acids is 1. The number of hydrogen-bond donors (Lipinski definition) is 2. The molecule has 0 aliphatic heterocycles. The van der Waals surface area contributed by atoms with Gasteiger partial charge in [0.05, 0.1) is 11.1 Å². The van der Waals surface area contributed by atoms with Gasteiger partial charge in [-0.05, 0) is 37.1 Å². The van der Waals surface area contributed by atoms with Gasteiger partial charge in [-0.25, -0.2) is 9.78 Å². The number of carbonyl (C=O) groups is 1. The third kappa shape index (κ3) is 2.84. The molecule has 4 nitrogen and oxygen atoms in total. The van der Waals surface area contributed by atoms with E-state index in [0.717, 1.165) is 5.82 Å². The zero-order valence-corrected chi connectivity index (χ0v) is 11.3. The van der Waals surface area contributed by atoms with Gasteiger partial charge in [0.15, 0.2) is 0 Å². The summed E-state index contributed by atoms with van der Waals surface area (Å²) in [5.41, 5.74) is 0.981. The van der Waals surface area contributed by atoms with Crippen LogP contribution in [0.5, 0.6) is 0 Å². The molecule has 1 heterocycles. The summed E-state index contributed by atoms with van der Waals surface area (Å²) in [7, 11) is 0. The number of fused-ring (bicyclic) bond motifs is 1. The van der Waals surface area contributed by atoms with Crippen LogP contribution in [-0.4, -0.2) is 22.1 Å². The molecule has 1 atom stereocenters. The molecule has 0 aliphatic rings. The van der Waals surface area contributed by atoms with Crippen LogP contribution < -0.4 is 5.32 Å². The predicted octanol–water partition coefficient (Wildman–Crippen LogP) is 3.39. The van der Waals surface area contributed by atoms with Crippen LogP contribution in [0.2, 0.25) is 0 Å².